The fraction of sp³-hybridized carbons (Fsp3) is 0.609. The van der Waals surface area contributed by atoms with Crippen LogP contribution in [-0.2, 0) is 22.7 Å². The molecule has 2 fully saturated rings. The number of rotatable bonds is 5. The van der Waals surface area contributed by atoms with Gasteiger partial charge in [0.05, 0.1) is 0 Å². The van der Waals surface area contributed by atoms with Crippen molar-refractivity contribution in [3.8, 4) is 0 Å². The quantitative estimate of drug-likeness (QED) is 0.717. The van der Waals surface area contributed by atoms with Crippen LogP contribution in [-0.4, -0.2) is 52.7 Å². The molecule has 0 aromatic heterocycles. The highest BCUT2D eigenvalue weighted by Crippen LogP contribution is 2.33. The molecular formula is C23H32N4O3. The Kier molecular flexibility index (Phi) is 5.93. The second-order valence-corrected chi connectivity index (χ2v) is 9.23. The highest BCUT2D eigenvalue weighted by Gasteiger charge is 2.40. The third-order valence-electron chi connectivity index (χ3n) is 7.15. The van der Waals surface area contributed by atoms with Gasteiger partial charge in [-0.3, -0.25) is 24.6 Å². The summed E-state index contributed by atoms with van der Waals surface area (Å²) in [5.41, 5.74) is 8.94. The van der Waals surface area contributed by atoms with Crippen LogP contribution >= 0.6 is 0 Å². The van der Waals surface area contributed by atoms with E-state index in [1.165, 1.54) is 6.42 Å². The SMILES string of the molecule is CC(C)[C@@H]1CCN(Cc2cccc3c2CN(C2CCC(=O)NC2=O)C3=O)[C@H](CN)C1. The van der Waals surface area contributed by atoms with Gasteiger partial charge < -0.3 is 10.6 Å². The summed E-state index contributed by atoms with van der Waals surface area (Å²) < 4.78 is 0. The van der Waals surface area contributed by atoms with Crippen molar-refractivity contribution in [2.45, 2.75) is 64.7 Å². The Labute approximate surface area is 178 Å². The lowest BCUT2D eigenvalue weighted by atomic mass is 9.82. The summed E-state index contributed by atoms with van der Waals surface area (Å²) >= 11 is 0. The van der Waals surface area contributed by atoms with E-state index in [2.05, 4.69) is 30.1 Å². The van der Waals surface area contributed by atoms with E-state index >= 15 is 0 Å². The maximum atomic E-state index is 13.0. The summed E-state index contributed by atoms with van der Waals surface area (Å²) in [6, 6.07) is 5.64. The average molecular weight is 413 g/mol. The van der Waals surface area contributed by atoms with Gasteiger partial charge in [0.15, 0.2) is 0 Å². The van der Waals surface area contributed by atoms with E-state index in [9.17, 15) is 14.4 Å². The van der Waals surface area contributed by atoms with Crippen molar-refractivity contribution in [3.05, 3.63) is 34.9 Å². The molecule has 3 N–H and O–H groups in total. The van der Waals surface area contributed by atoms with E-state index in [0.29, 0.717) is 43.0 Å². The Balaban J connectivity index is 1.52. The number of imide groups is 1. The zero-order valence-electron chi connectivity index (χ0n) is 17.9. The largest absolute Gasteiger partial charge is 0.329 e. The molecule has 0 spiro atoms. The fourth-order valence-corrected chi connectivity index (χ4v) is 5.21. The third kappa shape index (κ3) is 3.88. The molecule has 7 heteroatoms. The minimum Gasteiger partial charge on any atom is -0.329 e. The number of piperidine rings is 2. The molecule has 3 amide bonds. The summed E-state index contributed by atoms with van der Waals surface area (Å²) in [7, 11) is 0. The summed E-state index contributed by atoms with van der Waals surface area (Å²) in [5.74, 6) is 0.629. The zero-order valence-corrected chi connectivity index (χ0v) is 17.9. The van der Waals surface area contributed by atoms with Crippen molar-refractivity contribution in [2.75, 3.05) is 13.1 Å². The first-order chi connectivity index (χ1) is 14.4. The van der Waals surface area contributed by atoms with Crippen LogP contribution in [0.15, 0.2) is 18.2 Å². The molecule has 30 heavy (non-hydrogen) atoms. The lowest BCUT2D eigenvalue weighted by molar-refractivity contribution is -0.136. The van der Waals surface area contributed by atoms with Crippen molar-refractivity contribution < 1.29 is 14.4 Å². The number of hydrogen-bond acceptors (Lipinski definition) is 5. The van der Waals surface area contributed by atoms with Crippen molar-refractivity contribution in [2.24, 2.45) is 17.6 Å². The molecule has 162 valence electrons. The van der Waals surface area contributed by atoms with Crippen LogP contribution in [0, 0.1) is 11.8 Å². The summed E-state index contributed by atoms with van der Waals surface area (Å²) in [5, 5.41) is 2.37. The number of hydrogen-bond donors (Lipinski definition) is 2. The van der Waals surface area contributed by atoms with Crippen molar-refractivity contribution in [1.82, 2.24) is 15.1 Å². The Morgan fingerprint density at radius 3 is 2.70 bits per heavy atom. The topological polar surface area (TPSA) is 95.7 Å². The van der Waals surface area contributed by atoms with Crippen LogP contribution in [0.3, 0.4) is 0 Å². The van der Waals surface area contributed by atoms with Gasteiger partial charge in [-0.1, -0.05) is 26.0 Å². The van der Waals surface area contributed by atoms with Crippen molar-refractivity contribution >= 4 is 17.7 Å². The fourth-order valence-electron chi connectivity index (χ4n) is 5.21. The van der Waals surface area contributed by atoms with Gasteiger partial charge in [0.1, 0.15) is 6.04 Å². The Hall–Kier alpha value is -2.25. The number of benzene rings is 1. The summed E-state index contributed by atoms with van der Waals surface area (Å²) in [6.45, 7) is 7.41. The van der Waals surface area contributed by atoms with Gasteiger partial charge >= 0.3 is 0 Å². The smallest absolute Gasteiger partial charge is 0.255 e. The highest BCUT2D eigenvalue weighted by molar-refractivity contribution is 6.05. The van der Waals surface area contributed by atoms with Crippen LogP contribution in [0.2, 0.25) is 0 Å². The van der Waals surface area contributed by atoms with E-state index < -0.39 is 6.04 Å². The number of amides is 3. The van der Waals surface area contributed by atoms with Gasteiger partial charge in [-0.25, -0.2) is 0 Å². The molecule has 0 saturated carbocycles. The van der Waals surface area contributed by atoms with Gasteiger partial charge in [-0.05, 0) is 54.8 Å². The van der Waals surface area contributed by atoms with Gasteiger partial charge in [-0.15, -0.1) is 0 Å². The molecule has 3 heterocycles. The van der Waals surface area contributed by atoms with Crippen molar-refractivity contribution in [1.29, 1.82) is 0 Å². The second kappa shape index (κ2) is 8.47. The maximum absolute atomic E-state index is 13.0. The predicted molar refractivity (Wildman–Crippen MR) is 113 cm³/mol. The van der Waals surface area contributed by atoms with Crippen LogP contribution in [0.1, 0.15) is 61.0 Å². The maximum Gasteiger partial charge on any atom is 0.255 e. The molecule has 2 saturated heterocycles. The van der Waals surface area contributed by atoms with Gasteiger partial charge in [0.25, 0.3) is 5.91 Å². The van der Waals surface area contributed by atoms with E-state index in [0.717, 1.165) is 30.6 Å². The normalized spacial score (nSPS) is 27.5. The Morgan fingerprint density at radius 2 is 2.00 bits per heavy atom. The van der Waals surface area contributed by atoms with E-state index in [1.807, 2.05) is 12.1 Å². The molecule has 3 aliphatic heterocycles. The molecule has 3 aliphatic rings. The zero-order chi connectivity index (χ0) is 21.4. The molecular weight excluding hydrogens is 380 g/mol. The highest BCUT2D eigenvalue weighted by atomic mass is 16.2. The minimum atomic E-state index is -0.575. The molecule has 1 aromatic rings. The summed E-state index contributed by atoms with van der Waals surface area (Å²) in [4.78, 5) is 40.9. The van der Waals surface area contributed by atoms with Gasteiger partial charge in [0.2, 0.25) is 11.8 Å². The summed E-state index contributed by atoms with van der Waals surface area (Å²) in [6.07, 6.45) is 2.94. The predicted octanol–water partition coefficient (Wildman–Crippen LogP) is 1.64. The molecule has 4 rings (SSSR count). The first-order valence-electron chi connectivity index (χ1n) is 11.1. The molecule has 3 atom stereocenters. The van der Waals surface area contributed by atoms with E-state index in [1.54, 1.807) is 4.90 Å². The monoisotopic (exact) mass is 412 g/mol. The van der Waals surface area contributed by atoms with Crippen molar-refractivity contribution in [3.63, 3.8) is 0 Å². The first-order valence-corrected chi connectivity index (χ1v) is 11.1. The molecule has 1 unspecified atom stereocenters. The minimum absolute atomic E-state index is 0.116. The lowest BCUT2D eigenvalue weighted by Gasteiger charge is -2.40. The molecule has 0 aliphatic carbocycles. The number of carbonyl (C=O) groups excluding carboxylic acids is 3. The third-order valence-corrected chi connectivity index (χ3v) is 7.15. The Bertz CT molecular complexity index is 853. The molecule has 7 nitrogen and oxygen atoms in total. The number of nitrogens with two attached hydrogens (primary N) is 1. The molecule has 1 aromatic carbocycles. The van der Waals surface area contributed by atoms with Crippen LogP contribution < -0.4 is 11.1 Å². The van der Waals surface area contributed by atoms with Gasteiger partial charge in [-0.2, -0.15) is 0 Å². The standard InChI is InChI=1S/C23H32N4O3/c1-14(2)15-8-9-26(17(10-15)11-24)12-16-4-3-5-18-19(16)13-27(23(18)30)20-6-7-21(28)25-22(20)29/h3-5,14-15,17,20H,6-13,24H2,1-2H3,(H,25,28,29)/t15-,17+,20?/m1/s1. The molecule has 0 radical (unpaired) electrons. The number of fused-ring (bicyclic) bond motifs is 1. The lowest BCUT2D eigenvalue weighted by Crippen LogP contribution is -2.52. The number of carbonyl (C=O) groups is 3. The number of nitrogens with zero attached hydrogens (tertiary/aromatic N) is 2. The first kappa shape index (κ1) is 21.0. The molecule has 0 bridgehead atoms. The number of likely N-dealkylation sites (tertiary alicyclic amines) is 1. The average Bonchev–Trinajstić information content (AvgIpc) is 3.05. The second-order valence-electron chi connectivity index (χ2n) is 9.23. The van der Waals surface area contributed by atoms with Crippen LogP contribution in [0.5, 0.6) is 0 Å². The van der Waals surface area contributed by atoms with Gasteiger partial charge in [0, 0.05) is 37.7 Å². The van der Waals surface area contributed by atoms with E-state index in [4.69, 9.17) is 5.73 Å². The Morgan fingerprint density at radius 1 is 1.20 bits per heavy atom. The van der Waals surface area contributed by atoms with Crippen LogP contribution in [0.25, 0.3) is 0 Å². The van der Waals surface area contributed by atoms with E-state index in [-0.39, 0.29) is 24.1 Å². The van der Waals surface area contributed by atoms with Crippen LogP contribution in [0.4, 0.5) is 0 Å². The number of nitrogens with one attached hydrogen (secondary N) is 1.